The lowest BCUT2D eigenvalue weighted by Crippen LogP contribution is -2.49. The highest BCUT2D eigenvalue weighted by Crippen LogP contribution is 2.20. The first-order valence-corrected chi connectivity index (χ1v) is 9.77. The molecule has 1 atom stereocenters. The monoisotopic (exact) mass is 387 g/mol. The Morgan fingerprint density at radius 1 is 1.18 bits per heavy atom. The number of amides is 2. The number of carbonyl (C=O) groups is 2. The summed E-state index contributed by atoms with van der Waals surface area (Å²) in [5, 5.41) is 9.35. The maximum atomic E-state index is 12.1. The van der Waals surface area contributed by atoms with Gasteiger partial charge in [0.1, 0.15) is 6.54 Å². The number of hydrogen-bond donors (Lipinski definition) is 3. The molecule has 0 saturated heterocycles. The molecule has 28 heavy (non-hydrogen) atoms. The second-order valence-electron chi connectivity index (χ2n) is 8.46. The number of aliphatic imine (C=N–C) groups is 1. The molecule has 0 aromatic heterocycles. The predicted octanol–water partition coefficient (Wildman–Crippen LogP) is 1.08. The van der Waals surface area contributed by atoms with Crippen LogP contribution in [0.1, 0.15) is 38.3 Å². The van der Waals surface area contributed by atoms with Crippen LogP contribution < -0.4 is 16.0 Å². The van der Waals surface area contributed by atoms with Crippen LogP contribution in [0, 0.1) is 0 Å². The standard InChI is InChI=1S/C21H33N5O2/c1-21(2,3)25-18(27)13-22-20(23-14-19(28)26(4)5)24-17-11-10-15-8-6-7-9-16(15)12-17/h6-9,17H,10-14H2,1-5H3,(H,25,27)(H2,22,23,24). The summed E-state index contributed by atoms with van der Waals surface area (Å²) in [4.78, 5) is 30.0. The summed E-state index contributed by atoms with van der Waals surface area (Å²) in [6.07, 6.45) is 2.88. The third kappa shape index (κ3) is 7.21. The van der Waals surface area contributed by atoms with Gasteiger partial charge in [0.25, 0.3) is 0 Å². The second-order valence-corrected chi connectivity index (χ2v) is 8.46. The molecule has 7 heteroatoms. The molecule has 1 aromatic rings. The lowest BCUT2D eigenvalue weighted by Gasteiger charge is -2.27. The average molecular weight is 388 g/mol. The molecule has 7 nitrogen and oxygen atoms in total. The first-order chi connectivity index (χ1) is 13.1. The summed E-state index contributed by atoms with van der Waals surface area (Å²) >= 11 is 0. The highest BCUT2D eigenvalue weighted by molar-refractivity contribution is 5.88. The van der Waals surface area contributed by atoms with Gasteiger partial charge in [-0.15, -0.1) is 0 Å². The van der Waals surface area contributed by atoms with Crippen molar-refractivity contribution < 1.29 is 9.59 Å². The Morgan fingerprint density at radius 2 is 1.86 bits per heavy atom. The number of hydrogen-bond acceptors (Lipinski definition) is 3. The van der Waals surface area contributed by atoms with Gasteiger partial charge in [-0.2, -0.15) is 0 Å². The zero-order valence-electron chi connectivity index (χ0n) is 17.6. The van der Waals surface area contributed by atoms with Crippen LogP contribution in [0.4, 0.5) is 0 Å². The topological polar surface area (TPSA) is 85.8 Å². The first-order valence-electron chi connectivity index (χ1n) is 9.77. The molecular formula is C21H33N5O2. The van der Waals surface area contributed by atoms with Crippen molar-refractivity contribution in [1.29, 1.82) is 0 Å². The van der Waals surface area contributed by atoms with Gasteiger partial charge in [0, 0.05) is 25.7 Å². The highest BCUT2D eigenvalue weighted by atomic mass is 16.2. The molecule has 1 aromatic carbocycles. The number of aryl methyl sites for hydroxylation is 1. The maximum absolute atomic E-state index is 12.1. The molecule has 0 fully saturated rings. The Morgan fingerprint density at radius 3 is 2.50 bits per heavy atom. The lowest BCUT2D eigenvalue weighted by molar-refractivity contribution is -0.127. The summed E-state index contributed by atoms with van der Waals surface area (Å²) < 4.78 is 0. The quantitative estimate of drug-likeness (QED) is 0.521. The molecule has 0 spiro atoms. The fourth-order valence-corrected chi connectivity index (χ4v) is 3.09. The lowest BCUT2D eigenvalue weighted by atomic mass is 9.88. The van der Waals surface area contributed by atoms with E-state index < -0.39 is 0 Å². The summed E-state index contributed by atoms with van der Waals surface area (Å²) in [5.74, 6) is 0.285. The number of carbonyl (C=O) groups excluding carboxylic acids is 2. The van der Waals surface area contributed by atoms with E-state index in [0.717, 1.165) is 19.3 Å². The molecule has 1 unspecified atom stereocenters. The number of likely N-dealkylation sites (N-methyl/N-ethyl adjacent to an activating group) is 1. The van der Waals surface area contributed by atoms with Crippen LogP contribution in [0.15, 0.2) is 29.3 Å². The molecule has 0 aliphatic heterocycles. The van der Waals surface area contributed by atoms with E-state index in [1.54, 1.807) is 14.1 Å². The minimum Gasteiger partial charge on any atom is -0.353 e. The van der Waals surface area contributed by atoms with Gasteiger partial charge in [-0.3, -0.25) is 9.59 Å². The van der Waals surface area contributed by atoms with E-state index >= 15 is 0 Å². The minimum atomic E-state index is -0.304. The second kappa shape index (κ2) is 9.57. The fourth-order valence-electron chi connectivity index (χ4n) is 3.09. The van der Waals surface area contributed by atoms with Crippen LogP contribution in [0.25, 0.3) is 0 Å². The van der Waals surface area contributed by atoms with Gasteiger partial charge < -0.3 is 20.9 Å². The molecule has 3 N–H and O–H groups in total. The van der Waals surface area contributed by atoms with Gasteiger partial charge >= 0.3 is 0 Å². The van der Waals surface area contributed by atoms with Crippen LogP contribution in [0.2, 0.25) is 0 Å². The molecule has 2 rings (SSSR count). The van der Waals surface area contributed by atoms with Crippen molar-refractivity contribution in [3.8, 4) is 0 Å². The molecule has 0 saturated carbocycles. The summed E-state index contributed by atoms with van der Waals surface area (Å²) in [6, 6.07) is 8.66. The highest BCUT2D eigenvalue weighted by Gasteiger charge is 2.20. The zero-order chi connectivity index (χ0) is 20.7. The minimum absolute atomic E-state index is 0.00602. The molecule has 1 aliphatic rings. The molecule has 1 aliphatic carbocycles. The molecule has 2 amide bonds. The van der Waals surface area contributed by atoms with E-state index in [2.05, 4.69) is 45.2 Å². The van der Waals surface area contributed by atoms with Gasteiger partial charge in [0.05, 0.1) is 6.54 Å². The van der Waals surface area contributed by atoms with Crippen LogP contribution >= 0.6 is 0 Å². The van der Waals surface area contributed by atoms with Gasteiger partial charge in [-0.1, -0.05) is 24.3 Å². The Balaban J connectivity index is 2.02. The SMILES string of the molecule is CN(C)C(=O)CNC(=NCC(=O)NC(C)(C)C)NC1CCc2ccccc2C1. The number of benzene rings is 1. The van der Waals surface area contributed by atoms with E-state index in [1.165, 1.54) is 16.0 Å². The van der Waals surface area contributed by atoms with Crippen LogP contribution in [0.3, 0.4) is 0 Å². The average Bonchev–Trinajstić information content (AvgIpc) is 2.62. The normalized spacial score (nSPS) is 16.8. The van der Waals surface area contributed by atoms with Crippen molar-refractivity contribution in [3.05, 3.63) is 35.4 Å². The molecule has 0 radical (unpaired) electrons. The third-order valence-corrected chi connectivity index (χ3v) is 4.49. The smallest absolute Gasteiger partial charge is 0.242 e. The Hall–Kier alpha value is -2.57. The van der Waals surface area contributed by atoms with Gasteiger partial charge in [0.15, 0.2) is 5.96 Å². The van der Waals surface area contributed by atoms with Gasteiger partial charge in [-0.05, 0) is 51.2 Å². The number of nitrogens with one attached hydrogen (secondary N) is 3. The van der Waals surface area contributed by atoms with E-state index in [9.17, 15) is 9.59 Å². The molecule has 0 heterocycles. The largest absolute Gasteiger partial charge is 0.353 e. The van der Waals surface area contributed by atoms with Gasteiger partial charge in [0.2, 0.25) is 11.8 Å². The van der Waals surface area contributed by atoms with Crippen molar-refractivity contribution in [2.24, 2.45) is 4.99 Å². The number of guanidine groups is 1. The fraction of sp³-hybridized carbons (Fsp3) is 0.571. The summed E-state index contributed by atoms with van der Waals surface area (Å²) in [6.45, 7) is 5.93. The first kappa shape index (κ1) is 21.7. The van der Waals surface area contributed by atoms with Crippen molar-refractivity contribution in [2.75, 3.05) is 27.2 Å². The number of nitrogens with zero attached hydrogens (tertiary/aromatic N) is 2. The summed E-state index contributed by atoms with van der Waals surface area (Å²) in [7, 11) is 3.42. The summed E-state index contributed by atoms with van der Waals surface area (Å²) in [5.41, 5.74) is 2.42. The Bertz CT molecular complexity index is 722. The van der Waals surface area contributed by atoms with E-state index in [0.29, 0.717) is 5.96 Å². The van der Waals surface area contributed by atoms with Crippen molar-refractivity contribution in [3.63, 3.8) is 0 Å². The Kier molecular flexibility index (Phi) is 7.43. The maximum Gasteiger partial charge on any atom is 0.242 e. The zero-order valence-corrected chi connectivity index (χ0v) is 17.6. The molecule has 0 bridgehead atoms. The van der Waals surface area contributed by atoms with Crippen LogP contribution in [-0.4, -0.2) is 61.4 Å². The van der Waals surface area contributed by atoms with E-state index in [4.69, 9.17) is 0 Å². The van der Waals surface area contributed by atoms with Crippen LogP contribution in [-0.2, 0) is 22.4 Å². The van der Waals surface area contributed by atoms with E-state index in [1.807, 2.05) is 20.8 Å². The van der Waals surface area contributed by atoms with Crippen LogP contribution in [0.5, 0.6) is 0 Å². The van der Waals surface area contributed by atoms with Crippen molar-refractivity contribution >= 4 is 17.8 Å². The number of rotatable bonds is 5. The molecule has 154 valence electrons. The van der Waals surface area contributed by atoms with Crippen molar-refractivity contribution in [1.82, 2.24) is 20.9 Å². The number of fused-ring (bicyclic) bond motifs is 1. The van der Waals surface area contributed by atoms with Crippen molar-refractivity contribution in [2.45, 2.75) is 51.6 Å². The van der Waals surface area contributed by atoms with Gasteiger partial charge in [-0.25, -0.2) is 4.99 Å². The third-order valence-electron chi connectivity index (χ3n) is 4.49. The molecular weight excluding hydrogens is 354 g/mol. The van der Waals surface area contributed by atoms with E-state index in [-0.39, 0.29) is 36.5 Å². The predicted molar refractivity (Wildman–Crippen MR) is 112 cm³/mol. The Labute approximate surface area is 168 Å².